The molecule has 0 saturated carbocycles. The molecule has 3 atom stereocenters. The van der Waals surface area contributed by atoms with Crippen LogP contribution >= 0.6 is 11.6 Å². The lowest BCUT2D eigenvalue weighted by molar-refractivity contribution is 0.0768. The number of halogens is 1. The molecule has 0 unspecified atom stereocenters. The SMILES string of the molecule is CN1C[C@H]2CN(C(=O)c3ccc(Cl)cc3)C[C@H]2[C@@H]1c1ccccc1. The molecule has 2 fully saturated rings. The van der Waals surface area contributed by atoms with Crippen molar-refractivity contribution in [2.24, 2.45) is 11.8 Å². The monoisotopic (exact) mass is 340 g/mol. The van der Waals surface area contributed by atoms with Crippen molar-refractivity contribution in [1.29, 1.82) is 0 Å². The van der Waals surface area contributed by atoms with E-state index in [2.05, 4.69) is 42.3 Å². The number of nitrogens with zero attached hydrogens (tertiary/aromatic N) is 2. The van der Waals surface area contributed by atoms with Gasteiger partial charge in [-0.3, -0.25) is 9.69 Å². The topological polar surface area (TPSA) is 23.6 Å². The molecule has 0 N–H and O–H groups in total. The van der Waals surface area contributed by atoms with Gasteiger partial charge in [-0.1, -0.05) is 41.9 Å². The van der Waals surface area contributed by atoms with Crippen LogP contribution < -0.4 is 0 Å². The Morgan fingerprint density at radius 1 is 1.00 bits per heavy atom. The normalized spacial score (nSPS) is 26.6. The highest BCUT2D eigenvalue weighted by Crippen LogP contribution is 2.44. The van der Waals surface area contributed by atoms with Gasteiger partial charge in [-0.15, -0.1) is 0 Å². The van der Waals surface area contributed by atoms with Gasteiger partial charge in [-0.05, 0) is 42.8 Å². The lowest BCUT2D eigenvalue weighted by Gasteiger charge is -2.27. The Labute approximate surface area is 147 Å². The third-order valence-electron chi connectivity index (χ3n) is 5.41. The van der Waals surface area contributed by atoms with Crippen LogP contribution in [-0.2, 0) is 0 Å². The lowest BCUT2D eigenvalue weighted by atomic mass is 9.90. The molecule has 24 heavy (non-hydrogen) atoms. The number of benzene rings is 2. The van der Waals surface area contributed by atoms with Crippen molar-refractivity contribution >= 4 is 17.5 Å². The fourth-order valence-corrected chi connectivity index (χ4v) is 4.48. The van der Waals surface area contributed by atoms with Gasteiger partial charge in [0.15, 0.2) is 0 Å². The Hall–Kier alpha value is -1.84. The van der Waals surface area contributed by atoms with E-state index in [0.717, 1.165) is 25.2 Å². The predicted octanol–water partition coefficient (Wildman–Crippen LogP) is 3.71. The van der Waals surface area contributed by atoms with Gasteiger partial charge >= 0.3 is 0 Å². The number of amides is 1. The summed E-state index contributed by atoms with van der Waals surface area (Å²) < 4.78 is 0. The second-order valence-corrected chi connectivity index (χ2v) is 7.37. The molecule has 2 aromatic carbocycles. The second-order valence-electron chi connectivity index (χ2n) is 6.94. The van der Waals surface area contributed by atoms with Crippen LogP contribution in [0.25, 0.3) is 0 Å². The molecule has 2 aliphatic heterocycles. The minimum atomic E-state index is 0.121. The van der Waals surface area contributed by atoms with E-state index in [1.165, 1.54) is 5.56 Å². The summed E-state index contributed by atoms with van der Waals surface area (Å²) in [7, 11) is 2.20. The van der Waals surface area contributed by atoms with Crippen molar-refractivity contribution < 1.29 is 4.79 Å². The van der Waals surface area contributed by atoms with Gasteiger partial charge in [-0.25, -0.2) is 0 Å². The van der Waals surface area contributed by atoms with Crippen molar-refractivity contribution in [2.75, 3.05) is 26.7 Å². The minimum absolute atomic E-state index is 0.121. The van der Waals surface area contributed by atoms with Crippen LogP contribution in [0.2, 0.25) is 5.02 Å². The van der Waals surface area contributed by atoms with Crippen LogP contribution in [0.4, 0.5) is 0 Å². The highest BCUT2D eigenvalue weighted by atomic mass is 35.5. The Balaban J connectivity index is 1.54. The lowest BCUT2D eigenvalue weighted by Crippen LogP contribution is -2.33. The van der Waals surface area contributed by atoms with Crippen molar-refractivity contribution in [2.45, 2.75) is 6.04 Å². The van der Waals surface area contributed by atoms with Gasteiger partial charge in [0.1, 0.15) is 0 Å². The molecule has 124 valence electrons. The zero-order valence-corrected chi connectivity index (χ0v) is 14.5. The summed E-state index contributed by atoms with van der Waals surface area (Å²) in [5, 5.41) is 0.663. The molecule has 2 aromatic rings. The number of hydrogen-bond acceptors (Lipinski definition) is 2. The number of carbonyl (C=O) groups is 1. The van der Waals surface area contributed by atoms with E-state index in [1.807, 2.05) is 17.0 Å². The molecular weight excluding hydrogens is 320 g/mol. The molecule has 4 heteroatoms. The molecule has 2 aliphatic rings. The molecule has 3 nitrogen and oxygen atoms in total. The largest absolute Gasteiger partial charge is 0.338 e. The molecular formula is C20H21ClN2O. The van der Waals surface area contributed by atoms with Crippen molar-refractivity contribution in [3.05, 3.63) is 70.7 Å². The number of fused-ring (bicyclic) bond motifs is 1. The summed E-state index contributed by atoms with van der Waals surface area (Å²) in [4.78, 5) is 17.2. The maximum absolute atomic E-state index is 12.8. The van der Waals surface area contributed by atoms with Crippen LogP contribution in [0.1, 0.15) is 22.0 Å². The second kappa shape index (κ2) is 6.23. The first kappa shape index (κ1) is 15.7. The van der Waals surface area contributed by atoms with Crippen LogP contribution in [0.3, 0.4) is 0 Å². The first-order valence-corrected chi connectivity index (χ1v) is 8.81. The first-order chi connectivity index (χ1) is 11.6. The fraction of sp³-hybridized carbons (Fsp3) is 0.350. The molecule has 0 aliphatic carbocycles. The van der Waals surface area contributed by atoms with E-state index in [-0.39, 0.29) is 5.91 Å². The molecule has 0 bridgehead atoms. The van der Waals surface area contributed by atoms with Crippen LogP contribution in [-0.4, -0.2) is 42.4 Å². The van der Waals surface area contributed by atoms with Crippen molar-refractivity contribution in [1.82, 2.24) is 9.80 Å². The smallest absolute Gasteiger partial charge is 0.253 e. The molecule has 0 radical (unpaired) electrons. The third kappa shape index (κ3) is 2.72. The average molecular weight is 341 g/mol. The van der Waals surface area contributed by atoms with Crippen LogP contribution in [0, 0.1) is 11.8 Å². The Morgan fingerprint density at radius 3 is 2.42 bits per heavy atom. The van der Waals surface area contributed by atoms with Gasteiger partial charge in [0, 0.05) is 42.2 Å². The summed E-state index contributed by atoms with van der Waals surface area (Å²) in [6.07, 6.45) is 0. The first-order valence-electron chi connectivity index (χ1n) is 8.43. The zero-order valence-electron chi connectivity index (χ0n) is 13.7. The van der Waals surface area contributed by atoms with E-state index in [4.69, 9.17) is 11.6 Å². The van der Waals surface area contributed by atoms with Gasteiger partial charge in [-0.2, -0.15) is 0 Å². The van der Waals surface area contributed by atoms with E-state index >= 15 is 0 Å². The quantitative estimate of drug-likeness (QED) is 0.832. The highest BCUT2D eigenvalue weighted by Gasteiger charge is 2.47. The summed E-state index contributed by atoms with van der Waals surface area (Å²) in [6, 6.07) is 18.3. The van der Waals surface area contributed by atoms with Gasteiger partial charge < -0.3 is 4.90 Å². The maximum Gasteiger partial charge on any atom is 0.253 e. The molecule has 2 heterocycles. The van der Waals surface area contributed by atoms with E-state index < -0.39 is 0 Å². The van der Waals surface area contributed by atoms with Crippen LogP contribution in [0.15, 0.2) is 54.6 Å². The molecule has 4 rings (SSSR count). The van der Waals surface area contributed by atoms with Crippen molar-refractivity contribution in [3.63, 3.8) is 0 Å². The number of carbonyl (C=O) groups excluding carboxylic acids is 1. The van der Waals surface area contributed by atoms with Gasteiger partial charge in [0.25, 0.3) is 5.91 Å². The standard InChI is InChI=1S/C20H21ClN2O/c1-22-11-16-12-23(20(24)15-7-9-17(21)10-8-15)13-18(16)19(22)14-5-3-2-4-6-14/h2-10,16,18-19H,11-13H2,1H3/t16-,18+,19-/m0/s1. The number of hydrogen-bond donors (Lipinski definition) is 0. The summed E-state index contributed by atoms with van der Waals surface area (Å²) >= 11 is 5.93. The van der Waals surface area contributed by atoms with Crippen LogP contribution in [0.5, 0.6) is 0 Å². The maximum atomic E-state index is 12.8. The molecule has 2 saturated heterocycles. The minimum Gasteiger partial charge on any atom is -0.338 e. The Morgan fingerprint density at radius 2 is 1.71 bits per heavy atom. The summed E-state index contributed by atoms with van der Waals surface area (Å²) in [5.41, 5.74) is 2.08. The predicted molar refractivity (Wildman–Crippen MR) is 96.1 cm³/mol. The number of likely N-dealkylation sites (tertiary alicyclic amines) is 2. The number of rotatable bonds is 2. The highest BCUT2D eigenvalue weighted by molar-refractivity contribution is 6.30. The summed E-state index contributed by atoms with van der Waals surface area (Å²) in [5.74, 6) is 1.18. The van der Waals surface area contributed by atoms with E-state index in [9.17, 15) is 4.79 Å². The van der Waals surface area contributed by atoms with E-state index in [1.54, 1.807) is 12.1 Å². The Kier molecular flexibility index (Phi) is 4.07. The fourth-order valence-electron chi connectivity index (χ4n) is 4.35. The molecule has 0 spiro atoms. The Bertz CT molecular complexity index is 731. The molecule has 0 aromatic heterocycles. The molecule has 1 amide bonds. The summed E-state index contributed by atoms with van der Waals surface area (Å²) in [6.45, 7) is 2.73. The van der Waals surface area contributed by atoms with E-state index in [0.29, 0.717) is 22.9 Å². The third-order valence-corrected chi connectivity index (χ3v) is 5.67. The van der Waals surface area contributed by atoms with Gasteiger partial charge in [0.2, 0.25) is 0 Å². The van der Waals surface area contributed by atoms with Crippen molar-refractivity contribution in [3.8, 4) is 0 Å². The van der Waals surface area contributed by atoms with Gasteiger partial charge in [0.05, 0.1) is 0 Å². The zero-order chi connectivity index (χ0) is 16.7. The average Bonchev–Trinajstić information content (AvgIpc) is 3.12.